The van der Waals surface area contributed by atoms with E-state index in [0.717, 1.165) is 4.31 Å². The van der Waals surface area contributed by atoms with Crippen LogP contribution in [0.5, 0.6) is 0 Å². The first-order valence-corrected chi connectivity index (χ1v) is 6.82. The van der Waals surface area contributed by atoms with E-state index in [2.05, 4.69) is 0 Å². The van der Waals surface area contributed by atoms with Crippen molar-refractivity contribution in [3.8, 4) is 0 Å². The molecule has 0 amide bonds. The van der Waals surface area contributed by atoms with Gasteiger partial charge < -0.3 is 5.11 Å². The first kappa shape index (κ1) is 14.1. The van der Waals surface area contributed by atoms with Crippen LogP contribution in [0.15, 0.2) is 24.3 Å². The Morgan fingerprint density at radius 2 is 2.00 bits per heavy atom. The Balaban J connectivity index is 2.99. The lowest BCUT2D eigenvalue weighted by molar-refractivity contribution is 0.312. The first-order valence-electron chi connectivity index (χ1n) is 5.21. The summed E-state index contributed by atoms with van der Waals surface area (Å²) in [5.74, 6) is -0.798. The molecule has 0 aliphatic heterocycles. The van der Waals surface area contributed by atoms with Crippen LogP contribution < -0.4 is 0 Å². The minimum Gasteiger partial charge on any atom is -0.395 e. The predicted molar refractivity (Wildman–Crippen MR) is 63.5 cm³/mol. The summed E-state index contributed by atoms with van der Waals surface area (Å²) in [4.78, 5) is 0. The molecule has 0 heterocycles. The Kier molecular flexibility index (Phi) is 4.62. The normalized spacial score (nSPS) is 13.9. The highest BCUT2D eigenvalue weighted by atomic mass is 32.2. The molecule has 96 valence electrons. The van der Waals surface area contributed by atoms with E-state index in [4.69, 9.17) is 5.11 Å². The SMILES string of the molecule is CC(c1ccccc1F)N(C)S(=O)(=O)CCO. The maximum absolute atomic E-state index is 13.5. The Hall–Kier alpha value is -0.980. The van der Waals surface area contributed by atoms with Gasteiger partial charge in [0.1, 0.15) is 5.82 Å². The lowest BCUT2D eigenvalue weighted by Gasteiger charge is -2.24. The molecule has 1 unspecified atom stereocenters. The number of hydrogen-bond donors (Lipinski definition) is 1. The fourth-order valence-electron chi connectivity index (χ4n) is 1.51. The van der Waals surface area contributed by atoms with Gasteiger partial charge in [0.15, 0.2) is 0 Å². The van der Waals surface area contributed by atoms with Crippen molar-refractivity contribution in [2.45, 2.75) is 13.0 Å². The van der Waals surface area contributed by atoms with Crippen molar-refractivity contribution < 1.29 is 17.9 Å². The second-order valence-corrected chi connectivity index (χ2v) is 5.90. The average molecular weight is 261 g/mol. The fourth-order valence-corrected chi connectivity index (χ4v) is 2.62. The third-order valence-corrected chi connectivity index (χ3v) is 4.58. The van der Waals surface area contributed by atoms with Crippen molar-refractivity contribution in [2.75, 3.05) is 19.4 Å². The van der Waals surface area contributed by atoms with E-state index >= 15 is 0 Å². The van der Waals surface area contributed by atoms with E-state index in [-0.39, 0.29) is 5.75 Å². The summed E-state index contributed by atoms with van der Waals surface area (Å²) in [7, 11) is -2.18. The molecule has 1 aromatic carbocycles. The van der Waals surface area contributed by atoms with Gasteiger partial charge in [-0.3, -0.25) is 0 Å². The Morgan fingerprint density at radius 1 is 1.41 bits per heavy atom. The van der Waals surface area contributed by atoms with Gasteiger partial charge in [-0.1, -0.05) is 18.2 Å². The van der Waals surface area contributed by atoms with Crippen LogP contribution >= 0.6 is 0 Å². The van der Waals surface area contributed by atoms with Gasteiger partial charge in [0.25, 0.3) is 0 Å². The molecule has 17 heavy (non-hydrogen) atoms. The number of halogens is 1. The van der Waals surface area contributed by atoms with Crippen molar-refractivity contribution >= 4 is 10.0 Å². The highest BCUT2D eigenvalue weighted by molar-refractivity contribution is 7.89. The zero-order valence-electron chi connectivity index (χ0n) is 9.80. The number of sulfonamides is 1. The van der Waals surface area contributed by atoms with Gasteiger partial charge in [0.05, 0.1) is 12.4 Å². The summed E-state index contributed by atoms with van der Waals surface area (Å²) < 4.78 is 38.0. The van der Waals surface area contributed by atoms with Gasteiger partial charge >= 0.3 is 0 Å². The van der Waals surface area contributed by atoms with Crippen LogP contribution in [0, 0.1) is 5.82 Å². The largest absolute Gasteiger partial charge is 0.395 e. The second-order valence-electron chi connectivity index (χ2n) is 3.75. The highest BCUT2D eigenvalue weighted by Crippen LogP contribution is 2.23. The number of rotatable bonds is 5. The quantitative estimate of drug-likeness (QED) is 0.864. The van der Waals surface area contributed by atoms with Crippen LogP contribution in [0.2, 0.25) is 0 Å². The summed E-state index contributed by atoms with van der Waals surface area (Å²) in [6.45, 7) is 1.16. The number of aliphatic hydroxyl groups is 1. The Labute approximate surface area is 101 Å². The molecule has 0 fully saturated rings. The van der Waals surface area contributed by atoms with Crippen molar-refractivity contribution in [3.05, 3.63) is 35.6 Å². The van der Waals surface area contributed by atoms with E-state index < -0.39 is 28.5 Å². The number of nitrogens with zero attached hydrogens (tertiary/aromatic N) is 1. The topological polar surface area (TPSA) is 57.6 Å². The van der Waals surface area contributed by atoms with Crippen LogP contribution in [0.1, 0.15) is 18.5 Å². The highest BCUT2D eigenvalue weighted by Gasteiger charge is 2.25. The molecule has 6 heteroatoms. The van der Waals surface area contributed by atoms with Gasteiger partial charge in [-0.2, -0.15) is 4.31 Å². The number of aliphatic hydroxyl groups excluding tert-OH is 1. The second kappa shape index (κ2) is 5.57. The summed E-state index contributed by atoms with van der Waals surface area (Å²) in [5, 5.41) is 8.68. The molecule has 1 aromatic rings. The van der Waals surface area contributed by atoms with Crippen LogP contribution in [0.4, 0.5) is 4.39 Å². The van der Waals surface area contributed by atoms with Crippen LogP contribution in [0.3, 0.4) is 0 Å². The maximum Gasteiger partial charge on any atom is 0.216 e. The van der Waals surface area contributed by atoms with Crippen LogP contribution in [-0.2, 0) is 10.0 Å². The van der Waals surface area contributed by atoms with Crippen LogP contribution in [0.25, 0.3) is 0 Å². The smallest absolute Gasteiger partial charge is 0.216 e. The number of hydrogen-bond acceptors (Lipinski definition) is 3. The number of benzene rings is 1. The van der Waals surface area contributed by atoms with Gasteiger partial charge in [-0.25, -0.2) is 12.8 Å². The minimum absolute atomic E-state index is 0.316. The van der Waals surface area contributed by atoms with Gasteiger partial charge in [0.2, 0.25) is 10.0 Å². The molecule has 0 saturated heterocycles. The van der Waals surface area contributed by atoms with E-state index in [1.807, 2.05) is 0 Å². The lowest BCUT2D eigenvalue weighted by atomic mass is 10.1. The summed E-state index contributed by atoms with van der Waals surface area (Å²) in [5.41, 5.74) is 0.316. The third kappa shape index (κ3) is 3.24. The maximum atomic E-state index is 13.5. The molecule has 4 nitrogen and oxygen atoms in total. The van der Waals surface area contributed by atoms with Crippen molar-refractivity contribution in [1.29, 1.82) is 0 Å². The zero-order valence-corrected chi connectivity index (χ0v) is 10.6. The molecular formula is C11H16FNO3S. The monoisotopic (exact) mass is 261 g/mol. The van der Waals surface area contributed by atoms with Gasteiger partial charge in [-0.15, -0.1) is 0 Å². The molecule has 1 N–H and O–H groups in total. The van der Waals surface area contributed by atoms with Crippen LogP contribution in [-0.4, -0.2) is 37.2 Å². The molecule has 0 radical (unpaired) electrons. The van der Waals surface area contributed by atoms with E-state index in [9.17, 15) is 12.8 Å². The standard InChI is InChI=1S/C11H16FNO3S/c1-9(10-5-3-4-6-11(10)12)13(2)17(15,16)8-7-14/h3-6,9,14H,7-8H2,1-2H3. The Morgan fingerprint density at radius 3 is 2.53 bits per heavy atom. The molecule has 0 spiro atoms. The summed E-state index contributed by atoms with van der Waals surface area (Å²) in [6.07, 6.45) is 0. The first-order chi connectivity index (χ1) is 7.90. The Bertz CT molecular complexity index is 475. The van der Waals surface area contributed by atoms with E-state index in [1.165, 1.54) is 13.1 Å². The molecular weight excluding hydrogens is 245 g/mol. The molecule has 0 aliphatic carbocycles. The van der Waals surface area contributed by atoms with Crippen molar-refractivity contribution in [2.24, 2.45) is 0 Å². The molecule has 0 aromatic heterocycles. The predicted octanol–water partition coefficient (Wildman–Crippen LogP) is 1.14. The average Bonchev–Trinajstić information content (AvgIpc) is 2.27. The van der Waals surface area contributed by atoms with Crippen molar-refractivity contribution in [3.63, 3.8) is 0 Å². The molecule has 1 rings (SSSR count). The van der Waals surface area contributed by atoms with Gasteiger partial charge in [0, 0.05) is 18.7 Å². The third-order valence-electron chi connectivity index (χ3n) is 2.69. The summed E-state index contributed by atoms with van der Waals surface area (Å²) >= 11 is 0. The zero-order chi connectivity index (χ0) is 13.1. The van der Waals surface area contributed by atoms with Crippen molar-refractivity contribution in [1.82, 2.24) is 4.31 Å². The molecule has 1 atom stereocenters. The minimum atomic E-state index is -3.56. The molecule has 0 aliphatic rings. The summed E-state index contributed by atoms with van der Waals surface area (Å²) in [6, 6.07) is 5.44. The fraction of sp³-hybridized carbons (Fsp3) is 0.455. The van der Waals surface area contributed by atoms with Gasteiger partial charge in [-0.05, 0) is 13.0 Å². The lowest BCUT2D eigenvalue weighted by Crippen LogP contribution is -2.33. The van der Waals surface area contributed by atoms with E-state index in [0.29, 0.717) is 5.56 Å². The van der Waals surface area contributed by atoms with E-state index in [1.54, 1.807) is 25.1 Å². The molecule has 0 saturated carbocycles. The molecule has 0 bridgehead atoms.